The molecule has 25 heavy (non-hydrogen) atoms. The van der Waals surface area contributed by atoms with E-state index in [0.717, 1.165) is 23.3 Å². The molecule has 0 radical (unpaired) electrons. The van der Waals surface area contributed by atoms with Crippen molar-refractivity contribution in [2.75, 3.05) is 0 Å². The summed E-state index contributed by atoms with van der Waals surface area (Å²) in [4.78, 5) is 0. The Morgan fingerprint density at radius 3 is 1.92 bits per heavy atom. The van der Waals surface area contributed by atoms with Crippen LogP contribution in [0.4, 0.5) is 17.6 Å². The quantitative estimate of drug-likeness (QED) is 0.429. The molecular formula is C20H14F4O. The molecule has 0 aliphatic heterocycles. The van der Waals surface area contributed by atoms with Crippen molar-refractivity contribution in [3.8, 4) is 16.9 Å². The molecule has 1 nitrogen and oxygen atoms in total. The first-order valence-corrected chi connectivity index (χ1v) is 7.57. The molecule has 0 spiro atoms. The zero-order valence-corrected chi connectivity index (χ0v) is 13.3. The van der Waals surface area contributed by atoms with Crippen LogP contribution in [-0.2, 0) is 6.61 Å². The first-order valence-electron chi connectivity index (χ1n) is 7.57. The summed E-state index contributed by atoms with van der Waals surface area (Å²) >= 11 is 0. The maximum absolute atomic E-state index is 14.2. The fraction of sp³-hybridized carbons (Fsp3) is 0.100. The molecule has 0 saturated heterocycles. The van der Waals surface area contributed by atoms with Gasteiger partial charge in [-0.2, -0.15) is 0 Å². The first kappa shape index (κ1) is 17.0. The number of hydrogen-bond acceptors (Lipinski definition) is 1. The van der Waals surface area contributed by atoms with Crippen LogP contribution < -0.4 is 4.74 Å². The van der Waals surface area contributed by atoms with Gasteiger partial charge in [0, 0.05) is 0 Å². The molecule has 0 aromatic heterocycles. The number of hydrogen-bond donors (Lipinski definition) is 0. The summed E-state index contributed by atoms with van der Waals surface area (Å²) in [6, 6.07) is 13.7. The zero-order chi connectivity index (χ0) is 18.0. The van der Waals surface area contributed by atoms with Crippen molar-refractivity contribution in [1.29, 1.82) is 0 Å². The van der Waals surface area contributed by atoms with E-state index in [0.29, 0.717) is 5.56 Å². The number of aryl methyl sites for hydroxylation is 1. The third-order valence-electron chi connectivity index (χ3n) is 3.75. The number of ether oxygens (including phenoxy) is 1. The lowest BCUT2D eigenvalue weighted by atomic mass is 10.0. The molecule has 0 bridgehead atoms. The second-order valence-corrected chi connectivity index (χ2v) is 5.67. The summed E-state index contributed by atoms with van der Waals surface area (Å²) in [5.41, 5.74) is 2.71. The molecule has 0 fully saturated rings. The van der Waals surface area contributed by atoms with Gasteiger partial charge in [0.05, 0.1) is 0 Å². The van der Waals surface area contributed by atoms with Crippen LogP contribution in [-0.4, -0.2) is 0 Å². The molecular weight excluding hydrogens is 332 g/mol. The van der Waals surface area contributed by atoms with E-state index in [-0.39, 0.29) is 17.9 Å². The smallest absolute Gasteiger partial charge is 0.194 e. The van der Waals surface area contributed by atoms with Crippen molar-refractivity contribution in [2.24, 2.45) is 0 Å². The maximum atomic E-state index is 14.2. The Balaban J connectivity index is 1.76. The van der Waals surface area contributed by atoms with Gasteiger partial charge < -0.3 is 4.74 Å². The summed E-state index contributed by atoms with van der Waals surface area (Å²) in [6.45, 7) is 1.68. The monoisotopic (exact) mass is 346 g/mol. The van der Waals surface area contributed by atoms with Gasteiger partial charge in [-0.3, -0.25) is 0 Å². The minimum atomic E-state index is -1.54. The maximum Gasteiger partial charge on any atom is 0.194 e. The van der Waals surface area contributed by atoms with Crippen molar-refractivity contribution in [3.63, 3.8) is 0 Å². The summed E-state index contributed by atoms with van der Waals surface area (Å²) in [5, 5.41) is 0. The molecule has 0 N–H and O–H groups in total. The Labute approximate surface area is 142 Å². The lowest BCUT2D eigenvalue weighted by molar-refractivity contribution is 0.288. The molecule has 0 atom stereocenters. The van der Waals surface area contributed by atoms with Crippen molar-refractivity contribution >= 4 is 0 Å². The number of halogens is 4. The predicted octanol–water partition coefficient (Wildman–Crippen LogP) is 5.80. The SMILES string of the molecule is Cc1ccc(-c2ccc(OCc3cc(F)c(F)c(F)c3)c(F)c2)cc1. The standard InChI is InChI=1S/C20H14F4O/c1-12-2-4-14(5-3-12)15-6-7-19(16(21)10-15)25-11-13-8-17(22)20(24)18(23)9-13/h2-10H,11H2,1H3. The molecule has 0 aliphatic rings. The fourth-order valence-electron chi connectivity index (χ4n) is 2.40. The van der Waals surface area contributed by atoms with Crippen LogP contribution in [0.2, 0.25) is 0 Å². The normalized spacial score (nSPS) is 10.8. The Morgan fingerprint density at radius 1 is 0.720 bits per heavy atom. The van der Waals surface area contributed by atoms with Gasteiger partial charge in [0.15, 0.2) is 29.0 Å². The molecule has 0 unspecified atom stereocenters. The van der Waals surface area contributed by atoms with Gasteiger partial charge in [0.1, 0.15) is 6.61 Å². The Morgan fingerprint density at radius 2 is 1.32 bits per heavy atom. The Kier molecular flexibility index (Phi) is 4.74. The highest BCUT2D eigenvalue weighted by atomic mass is 19.2. The molecule has 128 valence electrons. The van der Waals surface area contributed by atoms with Gasteiger partial charge in [0.25, 0.3) is 0 Å². The number of benzene rings is 3. The van der Waals surface area contributed by atoms with Crippen LogP contribution in [0.25, 0.3) is 11.1 Å². The van der Waals surface area contributed by atoms with Crippen molar-refractivity contribution in [2.45, 2.75) is 13.5 Å². The molecule has 3 rings (SSSR count). The van der Waals surface area contributed by atoms with E-state index in [1.807, 2.05) is 31.2 Å². The molecule has 0 aliphatic carbocycles. The van der Waals surface area contributed by atoms with Crippen LogP contribution in [0.15, 0.2) is 54.6 Å². The summed E-state index contributed by atoms with van der Waals surface area (Å²) in [5.74, 6) is -4.82. The summed E-state index contributed by atoms with van der Waals surface area (Å²) in [7, 11) is 0. The van der Waals surface area contributed by atoms with E-state index >= 15 is 0 Å². The van der Waals surface area contributed by atoms with Crippen LogP contribution in [0.5, 0.6) is 5.75 Å². The average molecular weight is 346 g/mol. The van der Waals surface area contributed by atoms with Gasteiger partial charge >= 0.3 is 0 Å². The Hall–Kier alpha value is -2.82. The number of rotatable bonds is 4. The van der Waals surface area contributed by atoms with E-state index in [9.17, 15) is 17.6 Å². The van der Waals surface area contributed by atoms with Gasteiger partial charge in [-0.05, 0) is 47.9 Å². The van der Waals surface area contributed by atoms with Crippen LogP contribution >= 0.6 is 0 Å². The van der Waals surface area contributed by atoms with Gasteiger partial charge in [0.2, 0.25) is 0 Å². The second kappa shape index (κ2) is 6.97. The average Bonchev–Trinajstić information content (AvgIpc) is 2.59. The third kappa shape index (κ3) is 3.82. The van der Waals surface area contributed by atoms with E-state index in [2.05, 4.69) is 0 Å². The van der Waals surface area contributed by atoms with E-state index < -0.39 is 23.3 Å². The fourth-order valence-corrected chi connectivity index (χ4v) is 2.40. The lowest BCUT2D eigenvalue weighted by Gasteiger charge is -2.10. The third-order valence-corrected chi connectivity index (χ3v) is 3.75. The van der Waals surface area contributed by atoms with E-state index in [4.69, 9.17) is 4.74 Å². The molecule has 3 aromatic carbocycles. The molecule has 0 amide bonds. The highest BCUT2D eigenvalue weighted by molar-refractivity contribution is 5.64. The van der Waals surface area contributed by atoms with E-state index in [1.54, 1.807) is 6.07 Å². The zero-order valence-electron chi connectivity index (χ0n) is 13.3. The second-order valence-electron chi connectivity index (χ2n) is 5.67. The van der Waals surface area contributed by atoms with Gasteiger partial charge in [-0.25, -0.2) is 17.6 Å². The first-order chi connectivity index (χ1) is 11.9. The van der Waals surface area contributed by atoms with Gasteiger partial charge in [-0.15, -0.1) is 0 Å². The van der Waals surface area contributed by atoms with Crippen LogP contribution in [0.1, 0.15) is 11.1 Å². The largest absolute Gasteiger partial charge is 0.486 e. The minimum Gasteiger partial charge on any atom is -0.486 e. The predicted molar refractivity (Wildman–Crippen MR) is 87.2 cm³/mol. The summed E-state index contributed by atoms with van der Waals surface area (Å²) < 4.78 is 58.7. The Bertz CT molecular complexity index is 881. The molecule has 0 heterocycles. The molecule has 5 heteroatoms. The van der Waals surface area contributed by atoms with Crippen LogP contribution in [0.3, 0.4) is 0 Å². The van der Waals surface area contributed by atoms with Crippen LogP contribution in [0, 0.1) is 30.2 Å². The molecule has 0 saturated carbocycles. The van der Waals surface area contributed by atoms with Gasteiger partial charge in [-0.1, -0.05) is 35.9 Å². The molecule has 3 aromatic rings. The summed E-state index contributed by atoms with van der Waals surface area (Å²) in [6.07, 6.45) is 0. The van der Waals surface area contributed by atoms with E-state index in [1.165, 1.54) is 12.1 Å². The van der Waals surface area contributed by atoms with Crippen molar-refractivity contribution in [1.82, 2.24) is 0 Å². The lowest BCUT2D eigenvalue weighted by Crippen LogP contribution is -2.01. The highest BCUT2D eigenvalue weighted by Gasteiger charge is 2.12. The van der Waals surface area contributed by atoms with Crippen molar-refractivity contribution in [3.05, 3.63) is 89.0 Å². The topological polar surface area (TPSA) is 9.23 Å². The minimum absolute atomic E-state index is 0.0546. The van der Waals surface area contributed by atoms with Crippen molar-refractivity contribution < 1.29 is 22.3 Å². The highest BCUT2D eigenvalue weighted by Crippen LogP contribution is 2.26.